The highest BCUT2D eigenvalue weighted by molar-refractivity contribution is 5.96. The monoisotopic (exact) mass is 518 g/mol. The van der Waals surface area contributed by atoms with Crippen molar-refractivity contribution in [2.75, 3.05) is 37.6 Å². The second kappa shape index (κ2) is 12.3. The van der Waals surface area contributed by atoms with Crippen LogP contribution >= 0.6 is 0 Å². The molecule has 0 spiro atoms. The summed E-state index contributed by atoms with van der Waals surface area (Å²) >= 11 is 0. The van der Waals surface area contributed by atoms with Gasteiger partial charge in [-0.2, -0.15) is 13.2 Å². The Bertz CT molecular complexity index is 1050. The van der Waals surface area contributed by atoms with Crippen LogP contribution in [0.25, 0.3) is 0 Å². The van der Waals surface area contributed by atoms with Gasteiger partial charge in [0.15, 0.2) is 0 Å². The summed E-state index contributed by atoms with van der Waals surface area (Å²) in [6.45, 7) is 2.04. The summed E-state index contributed by atoms with van der Waals surface area (Å²) in [6, 6.07) is 8.23. The number of carbonyl (C=O) groups is 2. The van der Waals surface area contributed by atoms with Crippen LogP contribution in [-0.2, 0) is 6.18 Å². The van der Waals surface area contributed by atoms with Gasteiger partial charge < -0.3 is 19.9 Å². The van der Waals surface area contributed by atoms with Crippen LogP contribution < -0.4 is 15.0 Å². The third kappa shape index (κ3) is 7.36. The minimum Gasteiger partial charge on any atom is -0.391 e. The van der Waals surface area contributed by atoms with E-state index in [4.69, 9.17) is 4.74 Å². The van der Waals surface area contributed by atoms with Crippen LogP contribution in [0, 0.1) is 5.92 Å². The first-order chi connectivity index (χ1) is 17.8. The van der Waals surface area contributed by atoms with Gasteiger partial charge in [0, 0.05) is 38.8 Å². The van der Waals surface area contributed by atoms with Crippen LogP contribution in [0.2, 0.25) is 0 Å². The van der Waals surface area contributed by atoms with Gasteiger partial charge in [0.25, 0.3) is 5.91 Å². The number of benzene rings is 1. The minimum absolute atomic E-state index is 0.186. The van der Waals surface area contributed by atoms with Crippen molar-refractivity contribution >= 4 is 17.7 Å². The van der Waals surface area contributed by atoms with Crippen LogP contribution in [0.5, 0.6) is 5.88 Å². The van der Waals surface area contributed by atoms with E-state index in [-0.39, 0.29) is 24.5 Å². The van der Waals surface area contributed by atoms with Gasteiger partial charge in [-0.05, 0) is 37.0 Å². The molecule has 1 aliphatic heterocycles. The fourth-order valence-corrected chi connectivity index (χ4v) is 5.06. The van der Waals surface area contributed by atoms with Gasteiger partial charge in [-0.15, -0.1) is 0 Å². The molecule has 2 aromatic rings. The molecule has 1 aromatic carbocycles. The number of anilines is 1. The number of carbonyl (C=O) groups excluding carboxylic acids is 2. The van der Waals surface area contributed by atoms with E-state index in [0.29, 0.717) is 19.6 Å². The molecule has 7 nitrogen and oxygen atoms in total. The molecule has 2 amide bonds. The van der Waals surface area contributed by atoms with Gasteiger partial charge in [0.05, 0.1) is 23.0 Å². The summed E-state index contributed by atoms with van der Waals surface area (Å²) in [7, 11) is 0. The van der Waals surface area contributed by atoms with E-state index in [2.05, 4.69) is 10.3 Å². The molecule has 1 aromatic heterocycles. The van der Waals surface area contributed by atoms with E-state index in [9.17, 15) is 22.8 Å². The van der Waals surface area contributed by atoms with Crippen molar-refractivity contribution < 1.29 is 27.5 Å². The molecule has 0 radical (unpaired) electrons. The molecule has 1 saturated heterocycles. The summed E-state index contributed by atoms with van der Waals surface area (Å²) < 4.78 is 45.2. The summed E-state index contributed by atoms with van der Waals surface area (Å²) in [5.74, 6) is 0.335. The fraction of sp³-hybridized carbons (Fsp3) is 0.519. The van der Waals surface area contributed by atoms with E-state index in [0.717, 1.165) is 30.5 Å². The van der Waals surface area contributed by atoms with Crippen molar-refractivity contribution in [3.8, 4) is 5.88 Å². The predicted octanol–water partition coefficient (Wildman–Crippen LogP) is 5.51. The SMILES string of the molecule is O=C(NCCCC1CCCCC1)Oc1ccc(N2CCN(C(=O)c3ccccc3C(F)(F)F)CC2)cn1. The third-order valence-corrected chi connectivity index (χ3v) is 7.10. The summed E-state index contributed by atoms with van der Waals surface area (Å²) in [5, 5.41) is 2.77. The molecular formula is C27H33F3N4O3. The Morgan fingerprint density at radius 2 is 1.73 bits per heavy atom. The number of piperazine rings is 1. The Balaban J connectivity index is 1.21. The Hall–Kier alpha value is -3.30. The van der Waals surface area contributed by atoms with Gasteiger partial charge >= 0.3 is 12.3 Å². The molecule has 200 valence electrons. The molecule has 1 saturated carbocycles. The van der Waals surface area contributed by atoms with Crippen molar-refractivity contribution in [1.29, 1.82) is 0 Å². The number of hydrogen-bond acceptors (Lipinski definition) is 5. The zero-order valence-corrected chi connectivity index (χ0v) is 20.8. The lowest BCUT2D eigenvalue weighted by atomic mass is 9.86. The van der Waals surface area contributed by atoms with Crippen LogP contribution in [0.15, 0.2) is 42.6 Å². The zero-order valence-electron chi connectivity index (χ0n) is 20.8. The molecule has 0 unspecified atom stereocenters. The standard InChI is InChI=1S/C27H33F3N4O3/c28-27(29,30)23-11-5-4-10-22(23)25(35)34-17-15-33(16-18-34)21-12-13-24(32-19-21)37-26(36)31-14-6-9-20-7-2-1-3-8-20/h4-5,10-13,19-20H,1-3,6-9,14-18H2,(H,31,36). The Morgan fingerprint density at radius 1 is 1.00 bits per heavy atom. The number of amides is 2. The number of ether oxygens (including phenoxy) is 1. The Labute approximate surface area is 215 Å². The minimum atomic E-state index is -4.59. The van der Waals surface area contributed by atoms with Crippen LogP contribution in [-0.4, -0.2) is 54.6 Å². The van der Waals surface area contributed by atoms with Crippen molar-refractivity contribution in [1.82, 2.24) is 15.2 Å². The summed E-state index contributed by atoms with van der Waals surface area (Å²) in [6.07, 6.45) is 5.06. The number of nitrogens with zero attached hydrogens (tertiary/aromatic N) is 3. The molecule has 2 aliphatic rings. The first-order valence-corrected chi connectivity index (χ1v) is 12.9. The average molecular weight is 519 g/mol. The van der Waals surface area contributed by atoms with Crippen LogP contribution in [0.3, 0.4) is 0 Å². The largest absolute Gasteiger partial charge is 0.417 e. The van der Waals surface area contributed by atoms with E-state index in [1.807, 2.05) is 4.90 Å². The van der Waals surface area contributed by atoms with Crippen molar-refractivity contribution in [2.24, 2.45) is 5.92 Å². The van der Waals surface area contributed by atoms with Crippen molar-refractivity contribution in [2.45, 2.75) is 51.1 Å². The van der Waals surface area contributed by atoms with E-state index < -0.39 is 23.7 Å². The second-order valence-electron chi connectivity index (χ2n) is 9.64. The average Bonchev–Trinajstić information content (AvgIpc) is 2.91. The second-order valence-corrected chi connectivity index (χ2v) is 9.64. The maximum atomic E-state index is 13.3. The summed E-state index contributed by atoms with van der Waals surface area (Å²) in [5.41, 5.74) is -0.475. The zero-order chi connectivity index (χ0) is 26.3. The number of pyridine rings is 1. The number of halogens is 3. The van der Waals surface area contributed by atoms with Crippen LogP contribution in [0.4, 0.5) is 23.7 Å². The van der Waals surface area contributed by atoms with E-state index >= 15 is 0 Å². The van der Waals surface area contributed by atoms with Gasteiger partial charge in [-0.25, -0.2) is 9.78 Å². The predicted molar refractivity (Wildman–Crippen MR) is 134 cm³/mol. The number of alkyl halides is 3. The quantitative estimate of drug-likeness (QED) is 0.489. The van der Waals surface area contributed by atoms with Crippen molar-refractivity contribution in [3.63, 3.8) is 0 Å². The molecule has 4 rings (SSSR count). The topological polar surface area (TPSA) is 74.8 Å². The van der Waals surface area contributed by atoms with Gasteiger partial charge in [-0.1, -0.05) is 44.2 Å². The molecular weight excluding hydrogens is 485 g/mol. The lowest BCUT2D eigenvalue weighted by molar-refractivity contribution is -0.138. The van der Waals surface area contributed by atoms with E-state index in [1.54, 1.807) is 18.3 Å². The highest BCUT2D eigenvalue weighted by atomic mass is 19.4. The molecule has 1 N–H and O–H groups in total. The molecule has 2 heterocycles. The highest BCUT2D eigenvalue weighted by Crippen LogP contribution is 2.32. The lowest BCUT2D eigenvalue weighted by Gasteiger charge is -2.36. The normalized spacial score (nSPS) is 16.9. The Morgan fingerprint density at radius 3 is 2.41 bits per heavy atom. The molecule has 2 fully saturated rings. The van der Waals surface area contributed by atoms with Gasteiger partial charge in [0.1, 0.15) is 0 Å². The molecule has 10 heteroatoms. The summed E-state index contributed by atoms with van der Waals surface area (Å²) in [4.78, 5) is 32.5. The van der Waals surface area contributed by atoms with E-state index in [1.165, 1.54) is 55.2 Å². The molecule has 0 atom stereocenters. The van der Waals surface area contributed by atoms with Crippen molar-refractivity contribution in [3.05, 3.63) is 53.7 Å². The maximum Gasteiger partial charge on any atom is 0.417 e. The highest BCUT2D eigenvalue weighted by Gasteiger charge is 2.36. The number of nitrogens with one attached hydrogen (secondary N) is 1. The first kappa shape index (κ1) is 26.8. The molecule has 1 aliphatic carbocycles. The molecule has 37 heavy (non-hydrogen) atoms. The number of rotatable bonds is 7. The lowest BCUT2D eigenvalue weighted by Crippen LogP contribution is -2.49. The molecule has 0 bridgehead atoms. The number of aromatic nitrogens is 1. The Kier molecular flexibility index (Phi) is 8.89. The van der Waals surface area contributed by atoms with Crippen LogP contribution in [0.1, 0.15) is 60.9 Å². The number of hydrogen-bond donors (Lipinski definition) is 1. The first-order valence-electron chi connectivity index (χ1n) is 12.9. The van der Waals surface area contributed by atoms with Gasteiger partial charge in [0.2, 0.25) is 5.88 Å². The van der Waals surface area contributed by atoms with Gasteiger partial charge in [-0.3, -0.25) is 4.79 Å². The third-order valence-electron chi connectivity index (χ3n) is 7.10. The fourth-order valence-electron chi connectivity index (χ4n) is 5.06. The maximum absolute atomic E-state index is 13.3. The smallest absolute Gasteiger partial charge is 0.391 e.